The van der Waals surface area contributed by atoms with Crippen LogP contribution in [-0.2, 0) is 9.59 Å². The molecule has 0 unspecified atom stereocenters. The second-order valence-electron chi connectivity index (χ2n) is 5.61. The number of nitrogens with one attached hydrogen (secondary N) is 3. The van der Waals surface area contributed by atoms with Crippen molar-refractivity contribution < 1.29 is 19.5 Å². The summed E-state index contributed by atoms with van der Waals surface area (Å²) in [6, 6.07) is -0.456. The van der Waals surface area contributed by atoms with E-state index in [1.54, 1.807) is 0 Å². The van der Waals surface area contributed by atoms with Gasteiger partial charge in [0.2, 0.25) is 5.91 Å². The summed E-state index contributed by atoms with van der Waals surface area (Å²) in [5, 5.41) is 15.6. The van der Waals surface area contributed by atoms with Gasteiger partial charge < -0.3 is 26.0 Å². The number of carboxylic acid groups (broad SMARTS) is 1. The number of rotatable bonds is 8. The minimum absolute atomic E-state index is 0.0909. The standard InChI is InChI=1S/C12H24N4O4/c1-12(2,8-16(3)4)7-15-11(20)14-5-9(17)13-6-10(18)19/h5-8H2,1-4H3,(H,13,17)(H,18,19)(H2,14,15,20). The molecule has 0 fully saturated rings. The van der Waals surface area contributed by atoms with Gasteiger partial charge in [-0.25, -0.2) is 4.79 Å². The lowest BCUT2D eigenvalue weighted by atomic mass is 9.93. The lowest BCUT2D eigenvalue weighted by molar-refractivity contribution is -0.137. The van der Waals surface area contributed by atoms with E-state index >= 15 is 0 Å². The molecule has 0 aliphatic carbocycles. The molecule has 0 atom stereocenters. The smallest absolute Gasteiger partial charge is 0.322 e. The van der Waals surface area contributed by atoms with Crippen molar-refractivity contribution in [3.05, 3.63) is 0 Å². The minimum Gasteiger partial charge on any atom is -0.480 e. The first-order valence-electron chi connectivity index (χ1n) is 6.27. The molecule has 0 rings (SSSR count). The van der Waals surface area contributed by atoms with Crippen LogP contribution in [0.3, 0.4) is 0 Å². The van der Waals surface area contributed by atoms with Gasteiger partial charge in [0.05, 0.1) is 6.54 Å². The molecule has 0 radical (unpaired) electrons. The van der Waals surface area contributed by atoms with Gasteiger partial charge >= 0.3 is 12.0 Å². The average Bonchev–Trinajstić information content (AvgIpc) is 2.29. The summed E-state index contributed by atoms with van der Waals surface area (Å²) < 4.78 is 0. The van der Waals surface area contributed by atoms with Crippen LogP contribution < -0.4 is 16.0 Å². The molecule has 0 aliphatic rings. The lowest BCUT2D eigenvalue weighted by Gasteiger charge is -2.28. The maximum absolute atomic E-state index is 11.5. The first-order chi connectivity index (χ1) is 9.12. The van der Waals surface area contributed by atoms with E-state index in [1.807, 2.05) is 32.8 Å². The van der Waals surface area contributed by atoms with Crippen molar-refractivity contribution in [3.8, 4) is 0 Å². The first kappa shape index (κ1) is 18.2. The molecule has 0 aliphatic heterocycles. The lowest BCUT2D eigenvalue weighted by Crippen LogP contribution is -2.46. The second kappa shape index (κ2) is 8.36. The van der Waals surface area contributed by atoms with Crippen molar-refractivity contribution in [2.45, 2.75) is 13.8 Å². The van der Waals surface area contributed by atoms with Crippen molar-refractivity contribution in [1.82, 2.24) is 20.9 Å². The monoisotopic (exact) mass is 288 g/mol. The molecule has 0 saturated heterocycles. The zero-order valence-electron chi connectivity index (χ0n) is 12.4. The molecule has 3 amide bonds. The molecule has 0 aromatic rings. The minimum atomic E-state index is -1.13. The Hall–Kier alpha value is -1.83. The number of hydrogen-bond acceptors (Lipinski definition) is 4. The highest BCUT2D eigenvalue weighted by atomic mass is 16.4. The van der Waals surface area contributed by atoms with Crippen molar-refractivity contribution >= 4 is 17.9 Å². The Morgan fingerprint density at radius 2 is 1.65 bits per heavy atom. The molecule has 20 heavy (non-hydrogen) atoms. The summed E-state index contributed by atoms with van der Waals surface area (Å²) in [6.07, 6.45) is 0. The van der Waals surface area contributed by atoms with Crippen LogP contribution in [0, 0.1) is 5.41 Å². The summed E-state index contributed by atoms with van der Waals surface area (Å²) in [7, 11) is 3.91. The Morgan fingerprint density at radius 1 is 1.05 bits per heavy atom. The van der Waals surface area contributed by atoms with E-state index in [4.69, 9.17) is 5.11 Å². The fourth-order valence-corrected chi connectivity index (χ4v) is 1.69. The summed E-state index contributed by atoms with van der Waals surface area (Å²) in [5.74, 6) is -1.68. The average molecular weight is 288 g/mol. The summed E-state index contributed by atoms with van der Waals surface area (Å²) >= 11 is 0. The summed E-state index contributed by atoms with van der Waals surface area (Å²) in [6.45, 7) is 4.60. The van der Waals surface area contributed by atoms with Crippen LogP contribution in [0.1, 0.15) is 13.8 Å². The fraction of sp³-hybridized carbons (Fsp3) is 0.750. The molecule has 0 aromatic heterocycles. The Kier molecular flexibility index (Phi) is 7.60. The zero-order chi connectivity index (χ0) is 15.8. The Morgan fingerprint density at radius 3 is 2.15 bits per heavy atom. The van der Waals surface area contributed by atoms with Gasteiger partial charge in [0.15, 0.2) is 0 Å². The van der Waals surface area contributed by atoms with E-state index in [9.17, 15) is 14.4 Å². The molecule has 116 valence electrons. The number of carboxylic acids is 1. The van der Waals surface area contributed by atoms with Crippen molar-refractivity contribution in [2.75, 3.05) is 40.3 Å². The van der Waals surface area contributed by atoms with Crippen molar-refractivity contribution in [2.24, 2.45) is 5.41 Å². The highest BCUT2D eigenvalue weighted by Crippen LogP contribution is 2.13. The van der Waals surface area contributed by atoms with Crippen LogP contribution in [0.25, 0.3) is 0 Å². The number of aliphatic carboxylic acids is 1. The number of urea groups is 1. The van der Waals surface area contributed by atoms with E-state index in [0.717, 1.165) is 6.54 Å². The molecule has 0 bridgehead atoms. The third-order valence-corrected chi connectivity index (χ3v) is 2.32. The third kappa shape index (κ3) is 10.1. The van der Waals surface area contributed by atoms with Crippen molar-refractivity contribution in [3.63, 3.8) is 0 Å². The summed E-state index contributed by atoms with van der Waals surface area (Å²) in [4.78, 5) is 34.9. The number of carbonyl (C=O) groups is 3. The summed E-state index contributed by atoms with van der Waals surface area (Å²) in [5.41, 5.74) is -0.0909. The number of amides is 3. The van der Waals surface area contributed by atoms with Crippen LogP contribution in [0.15, 0.2) is 0 Å². The molecular formula is C12H24N4O4. The highest BCUT2D eigenvalue weighted by Gasteiger charge is 2.19. The zero-order valence-corrected chi connectivity index (χ0v) is 12.4. The predicted octanol–water partition coefficient (Wildman–Crippen LogP) is -0.926. The van der Waals surface area contributed by atoms with Gasteiger partial charge in [0.25, 0.3) is 0 Å². The van der Waals surface area contributed by atoms with Crippen molar-refractivity contribution in [1.29, 1.82) is 0 Å². The van der Waals surface area contributed by atoms with Gasteiger partial charge in [-0.15, -0.1) is 0 Å². The van der Waals surface area contributed by atoms with Gasteiger partial charge in [0, 0.05) is 13.1 Å². The van der Waals surface area contributed by atoms with Gasteiger partial charge in [-0.1, -0.05) is 13.8 Å². The van der Waals surface area contributed by atoms with Crippen LogP contribution >= 0.6 is 0 Å². The molecule has 8 heteroatoms. The van der Waals surface area contributed by atoms with Gasteiger partial charge in [-0.2, -0.15) is 0 Å². The molecule has 4 N–H and O–H groups in total. The van der Waals surface area contributed by atoms with E-state index < -0.39 is 24.5 Å². The van der Waals surface area contributed by atoms with Crippen LogP contribution in [0.5, 0.6) is 0 Å². The fourth-order valence-electron chi connectivity index (χ4n) is 1.69. The van der Waals surface area contributed by atoms with Gasteiger partial charge in [-0.3, -0.25) is 9.59 Å². The number of nitrogens with zero attached hydrogens (tertiary/aromatic N) is 1. The normalized spacial score (nSPS) is 11.1. The quantitative estimate of drug-likeness (QED) is 0.461. The van der Waals surface area contributed by atoms with E-state index in [1.165, 1.54) is 0 Å². The van der Waals surface area contributed by atoms with Gasteiger partial charge in [-0.05, 0) is 19.5 Å². The molecule has 0 spiro atoms. The molecule has 0 heterocycles. The van der Waals surface area contributed by atoms with E-state index in [2.05, 4.69) is 16.0 Å². The highest BCUT2D eigenvalue weighted by molar-refractivity contribution is 5.86. The molecule has 0 aromatic carbocycles. The first-order valence-corrected chi connectivity index (χ1v) is 6.27. The van der Waals surface area contributed by atoms with E-state index in [-0.39, 0.29) is 12.0 Å². The molecule has 0 saturated carbocycles. The Balaban J connectivity index is 3.89. The topological polar surface area (TPSA) is 111 Å². The molecule has 8 nitrogen and oxygen atoms in total. The van der Waals surface area contributed by atoms with E-state index in [0.29, 0.717) is 6.54 Å². The Bertz CT molecular complexity index is 355. The maximum atomic E-state index is 11.5. The van der Waals surface area contributed by atoms with Crippen LogP contribution in [0.2, 0.25) is 0 Å². The second-order valence-corrected chi connectivity index (χ2v) is 5.61. The predicted molar refractivity (Wildman–Crippen MR) is 74.4 cm³/mol. The number of carbonyl (C=O) groups excluding carboxylic acids is 2. The largest absolute Gasteiger partial charge is 0.480 e. The number of hydrogen-bond donors (Lipinski definition) is 4. The molecular weight excluding hydrogens is 264 g/mol. The maximum Gasteiger partial charge on any atom is 0.322 e. The third-order valence-electron chi connectivity index (χ3n) is 2.32. The van der Waals surface area contributed by atoms with Gasteiger partial charge in [0.1, 0.15) is 6.54 Å². The van der Waals surface area contributed by atoms with Crippen LogP contribution in [0.4, 0.5) is 4.79 Å². The SMILES string of the molecule is CN(C)CC(C)(C)CNC(=O)NCC(=O)NCC(=O)O. The Labute approximate surface area is 118 Å². The van der Waals surface area contributed by atoms with Crippen LogP contribution in [-0.4, -0.2) is 68.2 Å².